The Balaban J connectivity index is 1.94. The minimum Gasteiger partial charge on any atom is -0.329 e. The standard InChI is InChI=1S/C12H13FN2O/c13-9-4-2-1-3-8(9)11-10(14)12(16)15(11)7-5-6-7/h1-4,7,10-11H,5-6,14H2/t10-,11-/m1/s1. The fourth-order valence-corrected chi connectivity index (χ4v) is 2.35. The van der Waals surface area contributed by atoms with Crippen LogP contribution in [0.4, 0.5) is 4.39 Å². The lowest BCUT2D eigenvalue weighted by Crippen LogP contribution is -2.63. The van der Waals surface area contributed by atoms with E-state index in [9.17, 15) is 9.18 Å². The zero-order chi connectivity index (χ0) is 11.3. The van der Waals surface area contributed by atoms with Gasteiger partial charge in [-0.15, -0.1) is 0 Å². The highest BCUT2D eigenvalue weighted by Crippen LogP contribution is 2.43. The Morgan fingerprint density at radius 3 is 2.62 bits per heavy atom. The fourth-order valence-electron chi connectivity index (χ4n) is 2.35. The minimum atomic E-state index is -0.572. The average molecular weight is 220 g/mol. The first kappa shape index (κ1) is 9.78. The van der Waals surface area contributed by atoms with Gasteiger partial charge in [-0.25, -0.2) is 4.39 Å². The van der Waals surface area contributed by atoms with Crippen LogP contribution in [0.5, 0.6) is 0 Å². The van der Waals surface area contributed by atoms with Gasteiger partial charge in [0.1, 0.15) is 11.9 Å². The Labute approximate surface area is 93.0 Å². The summed E-state index contributed by atoms with van der Waals surface area (Å²) >= 11 is 0. The lowest BCUT2D eigenvalue weighted by Gasteiger charge is -2.46. The van der Waals surface area contributed by atoms with Gasteiger partial charge in [-0.3, -0.25) is 4.79 Å². The molecule has 4 heteroatoms. The van der Waals surface area contributed by atoms with Crippen LogP contribution in [0.25, 0.3) is 0 Å². The fraction of sp³-hybridized carbons (Fsp3) is 0.417. The van der Waals surface area contributed by atoms with Crippen LogP contribution in [-0.4, -0.2) is 22.9 Å². The number of carbonyl (C=O) groups excluding carboxylic acids is 1. The summed E-state index contributed by atoms with van der Waals surface area (Å²) in [6.45, 7) is 0. The van der Waals surface area contributed by atoms with Gasteiger partial charge in [-0.2, -0.15) is 0 Å². The van der Waals surface area contributed by atoms with E-state index in [4.69, 9.17) is 5.73 Å². The van der Waals surface area contributed by atoms with E-state index in [0.29, 0.717) is 5.56 Å². The van der Waals surface area contributed by atoms with Crippen molar-refractivity contribution in [3.63, 3.8) is 0 Å². The first-order chi connectivity index (χ1) is 7.70. The summed E-state index contributed by atoms with van der Waals surface area (Å²) in [5, 5.41) is 0. The Kier molecular flexibility index (Phi) is 2.01. The maximum Gasteiger partial charge on any atom is 0.242 e. The maximum atomic E-state index is 13.6. The van der Waals surface area contributed by atoms with Crippen LogP contribution >= 0.6 is 0 Å². The van der Waals surface area contributed by atoms with Gasteiger partial charge in [-0.1, -0.05) is 18.2 Å². The van der Waals surface area contributed by atoms with Gasteiger partial charge < -0.3 is 10.6 Å². The third-order valence-electron chi connectivity index (χ3n) is 3.34. The SMILES string of the molecule is N[C@H]1C(=O)N(C2CC2)[C@@H]1c1ccccc1F. The van der Waals surface area contributed by atoms with Crippen LogP contribution in [0.3, 0.4) is 0 Å². The third-order valence-corrected chi connectivity index (χ3v) is 3.34. The van der Waals surface area contributed by atoms with Gasteiger partial charge in [0.25, 0.3) is 0 Å². The Hall–Kier alpha value is -1.42. The summed E-state index contributed by atoms with van der Waals surface area (Å²) in [6, 6.07) is 6.00. The molecule has 3 rings (SSSR count). The molecule has 16 heavy (non-hydrogen) atoms. The number of β-lactam (4-membered cyclic amide) rings is 1. The molecule has 1 aliphatic carbocycles. The Morgan fingerprint density at radius 1 is 1.31 bits per heavy atom. The average Bonchev–Trinajstić information content (AvgIpc) is 3.10. The molecule has 1 saturated heterocycles. The molecule has 0 spiro atoms. The van der Waals surface area contributed by atoms with Crippen LogP contribution in [0.1, 0.15) is 24.4 Å². The number of halogens is 1. The highest BCUT2D eigenvalue weighted by Gasteiger charge is 2.52. The summed E-state index contributed by atoms with van der Waals surface area (Å²) in [5.41, 5.74) is 6.31. The van der Waals surface area contributed by atoms with Crippen molar-refractivity contribution >= 4 is 5.91 Å². The molecule has 0 bridgehead atoms. The van der Waals surface area contributed by atoms with Gasteiger partial charge in [0.15, 0.2) is 0 Å². The van der Waals surface area contributed by atoms with Crippen molar-refractivity contribution in [2.24, 2.45) is 5.73 Å². The molecule has 2 atom stereocenters. The number of hydrogen-bond donors (Lipinski definition) is 1. The summed E-state index contributed by atoms with van der Waals surface area (Å²) in [7, 11) is 0. The Morgan fingerprint density at radius 2 is 2.00 bits per heavy atom. The summed E-state index contributed by atoms with van der Waals surface area (Å²) < 4.78 is 13.6. The van der Waals surface area contributed by atoms with Crippen molar-refractivity contribution < 1.29 is 9.18 Å². The van der Waals surface area contributed by atoms with Crippen LogP contribution in [0.15, 0.2) is 24.3 Å². The molecule has 0 unspecified atom stereocenters. The van der Waals surface area contributed by atoms with Gasteiger partial charge in [0, 0.05) is 11.6 Å². The predicted octanol–water partition coefficient (Wildman–Crippen LogP) is 1.20. The van der Waals surface area contributed by atoms with Gasteiger partial charge in [-0.05, 0) is 18.9 Å². The molecule has 1 amide bonds. The van der Waals surface area contributed by atoms with E-state index in [1.54, 1.807) is 23.1 Å². The predicted molar refractivity (Wildman–Crippen MR) is 57.0 cm³/mol. The molecule has 1 aromatic rings. The zero-order valence-electron chi connectivity index (χ0n) is 8.77. The van der Waals surface area contributed by atoms with Gasteiger partial charge in [0.2, 0.25) is 5.91 Å². The van der Waals surface area contributed by atoms with E-state index < -0.39 is 6.04 Å². The molecule has 3 nitrogen and oxygen atoms in total. The van der Waals surface area contributed by atoms with Crippen LogP contribution in [0.2, 0.25) is 0 Å². The lowest BCUT2D eigenvalue weighted by molar-refractivity contribution is -0.150. The molecule has 2 fully saturated rings. The largest absolute Gasteiger partial charge is 0.329 e. The van der Waals surface area contributed by atoms with Crippen LogP contribution in [-0.2, 0) is 4.79 Å². The smallest absolute Gasteiger partial charge is 0.242 e. The van der Waals surface area contributed by atoms with Crippen molar-refractivity contribution in [3.8, 4) is 0 Å². The highest BCUT2D eigenvalue weighted by molar-refractivity contribution is 5.90. The molecular weight excluding hydrogens is 207 g/mol. The molecule has 1 heterocycles. The number of carbonyl (C=O) groups is 1. The maximum absolute atomic E-state index is 13.6. The monoisotopic (exact) mass is 220 g/mol. The zero-order valence-corrected chi connectivity index (χ0v) is 8.77. The number of benzene rings is 1. The van der Waals surface area contributed by atoms with Crippen LogP contribution in [0, 0.1) is 5.82 Å². The Bertz CT molecular complexity index is 444. The molecule has 1 aliphatic heterocycles. The van der Waals surface area contributed by atoms with Crippen molar-refractivity contribution in [1.29, 1.82) is 0 Å². The van der Waals surface area contributed by atoms with E-state index in [2.05, 4.69) is 0 Å². The second kappa shape index (κ2) is 3.28. The quantitative estimate of drug-likeness (QED) is 0.761. The van der Waals surface area contributed by atoms with Gasteiger partial charge >= 0.3 is 0 Å². The molecule has 0 radical (unpaired) electrons. The topological polar surface area (TPSA) is 46.3 Å². The second-order valence-electron chi connectivity index (χ2n) is 4.47. The van der Waals surface area contributed by atoms with E-state index in [-0.39, 0.29) is 23.8 Å². The molecule has 0 aromatic heterocycles. The number of likely N-dealkylation sites (tertiary alicyclic amines) is 1. The summed E-state index contributed by atoms with van der Waals surface area (Å²) in [6.07, 6.45) is 2.03. The molecule has 1 saturated carbocycles. The van der Waals surface area contributed by atoms with Crippen molar-refractivity contribution in [1.82, 2.24) is 4.90 Å². The number of nitrogens with zero attached hydrogens (tertiary/aromatic N) is 1. The van der Waals surface area contributed by atoms with Crippen LogP contribution < -0.4 is 5.73 Å². The molecule has 2 aliphatic rings. The molecule has 2 N–H and O–H groups in total. The first-order valence-electron chi connectivity index (χ1n) is 5.52. The van der Waals surface area contributed by atoms with E-state index in [1.165, 1.54) is 6.07 Å². The molecule has 84 valence electrons. The normalized spacial score (nSPS) is 29.1. The lowest BCUT2D eigenvalue weighted by atomic mass is 9.88. The number of rotatable bonds is 2. The van der Waals surface area contributed by atoms with Gasteiger partial charge in [0.05, 0.1) is 6.04 Å². The summed E-state index contributed by atoms with van der Waals surface area (Å²) in [5.74, 6) is -0.322. The first-order valence-corrected chi connectivity index (χ1v) is 5.52. The summed E-state index contributed by atoms with van der Waals surface area (Å²) in [4.78, 5) is 13.4. The van der Waals surface area contributed by atoms with Crippen molar-refractivity contribution in [3.05, 3.63) is 35.6 Å². The minimum absolute atomic E-state index is 0.0456. The van der Waals surface area contributed by atoms with E-state index in [0.717, 1.165) is 12.8 Å². The van der Waals surface area contributed by atoms with E-state index >= 15 is 0 Å². The molecular formula is C12H13FN2O. The second-order valence-corrected chi connectivity index (χ2v) is 4.47. The van der Waals surface area contributed by atoms with E-state index in [1.807, 2.05) is 0 Å². The number of amides is 1. The van der Waals surface area contributed by atoms with Crippen molar-refractivity contribution in [2.75, 3.05) is 0 Å². The third kappa shape index (κ3) is 1.26. The number of hydrogen-bond acceptors (Lipinski definition) is 2. The van der Waals surface area contributed by atoms with Crippen molar-refractivity contribution in [2.45, 2.75) is 31.0 Å². The highest BCUT2D eigenvalue weighted by atomic mass is 19.1. The molecule has 1 aromatic carbocycles. The number of nitrogens with two attached hydrogens (primary N) is 1.